The maximum absolute atomic E-state index is 13.0. The Morgan fingerprint density at radius 1 is 0.838 bits per heavy atom. The topological polar surface area (TPSA) is 225 Å². The van der Waals surface area contributed by atoms with Crippen molar-refractivity contribution >= 4 is 35.6 Å². The molecule has 0 saturated carbocycles. The minimum absolute atomic E-state index is 0.0740. The number of aliphatic carboxylic acids is 3. The van der Waals surface area contributed by atoms with Crippen LogP contribution in [0.4, 0.5) is 0 Å². The molecule has 0 bridgehead atoms. The van der Waals surface area contributed by atoms with E-state index in [4.69, 9.17) is 10.8 Å². The Bertz CT molecular complexity index is 970. The van der Waals surface area contributed by atoms with Crippen LogP contribution in [0.15, 0.2) is 30.3 Å². The van der Waals surface area contributed by atoms with E-state index >= 15 is 0 Å². The summed E-state index contributed by atoms with van der Waals surface area (Å²) in [7, 11) is 0. The highest BCUT2D eigenvalue weighted by Gasteiger charge is 2.33. The summed E-state index contributed by atoms with van der Waals surface area (Å²) < 4.78 is 0. The van der Waals surface area contributed by atoms with Crippen molar-refractivity contribution in [2.45, 2.75) is 70.1 Å². The Labute approximate surface area is 213 Å². The average Bonchev–Trinajstić information content (AvgIpc) is 2.84. The third-order valence-corrected chi connectivity index (χ3v) is 5.71. The van der Waals surface area contributed by atoms with Gasteiger partial charge in [-0.25, -0.2) is 4.79 Å². The number of amides is 3. The lowest BCUT2D eigenvalue weighted by Crippen LogP contribution is -2.59. The Morgan fingerprint density at radius 3 is 1.95 bits per heavy atom. The van der Waals surface area contributed by atoms with E-state index in [2.05, 4.69) is 16.0 Å². The molecule has 0 aliphatic rings. The van der Waals surface area contributed by atoms with Crippen LogP contribution in [0.1, 0.15) is 45.1 Å². The van der Waals surface area contributed by atoms with Crippen molar-refractivity contribution in [2.75, 3.05) is 0 Å². The van der Waals surface area contributed by atoms with E-state index in [1.165, 1.54) is 0 Å². The molecule has 0 saturated heterocycles. The molecule has 0 fully saturated rings. The van der Waals surface area contributed by atoms with E-state index in [0.29, 0.717) is 12.0 Å². The quantitative estimate of drug-likeness (QED) is 0.147. The van der Waals surface area contributed by atoms with Gasteiger partial charge in [-0.15, -0.1) is 0 Å². The van der Waals surface area contributed by atoms with E-state index in [1.54, 1.807) is 44.2 Å². The van der Waals surface area contributed by atoms with Gasteiger partial charge in [-0.1, -0.05) is 50.6 Å². The number of carboxylic acid groups (broad SMARTS) is 3. The van der Waals surface area contributed by atoms with Crippen molar-refractivity contribution in [1.82, 2.24) is 16.0 Å². The molecule has 0 aromatic heterocycles. The predicted octanol–water partition coefficient (Wildman–Crippen LogP) is -0.519. The Kier molecular flexibility index (Phi) is 12.7. The van der Waals surface area contributed by atoms with Gasteiger partial charge in [0.2, 0.25) is 17.7 Å². The molecule has 5 unspecified atom stereocenters. The lowest BCUT2D eigenvalue weighted by atomic mass is 9.97. The standard InChI is InChI=1S/C24H34N4O9/c1-3-13(2)20(28-21(33)15(25)9-10-18(29)30)23(35)26-16(12-19(31)32)22(34)27-17(24(36)37)11-14-7-5-4-6-8-14/h4-8,13,15-17,20H,3,9-12,25H2,1-2H3,(H,26,35)(H,27,34)(H,28,33)(H,29,30)(H,31,32)(H,36,37). The molecule has 3 amide bonds. The van der Waals surface area contributed by atoms with Gasteiger partial charge in [-0.05, 0) is 17.9 Å². The second kappa shape index (κ2) is 15.2. The number of benzene rings is 1. The molecule has 1 rings (SSSR count). The highest BCUT2D eigenvalue weighted by Crippen LogP contribution is 2.11. The van der Waals surface area contributed by atoms with E-state index in [0.717, 1.165) is 0 Å². The second-order valence-electron chi connectivity index (χ2n) is 8.66. The van der Waals surface area contributed by atoms with E-state index in [-0.39, 0.29) is 19.3 Å². The van der Waals surface area contributed by atoms with Crippen molar-refractivity contribution < 1.29 is 44.1 Å². The zero-order valence-corrected chi connectivity index (χ0v) is 20.7. The summed E-state index contributed by atoms with van der Waals surface area (Å²) in [5.41, 5.74) is 6.33. The number of carboxylic acids is 3. The normalized spacial score (nSPS) is 14.8. The van der Waals surface area contributed by atoms with Gasteiger partial charge in [0.25, 0.3) is 0 Å². The van der Waals surface area contributed by atoms with Crippen molar-refractivity contribution in [1.29, 1.82) is 0 Å². The second-order valence-corrected chi connectivity index (χ2v) is 8.66. The monoisotopic (exact) mass is 522 g/mol. The van der Waals surface area contributed by atoms with E-state index in [9.17, 15) is 39.0 Å². The van der Waals surface area contributed by atoms with Crippen LogP contribution in [0.2, 0.25) is 0 Å². The summed E-state index contributed by atoms with van der Waals surface area (Å²) in [6, 6.07) is 3.02. The van der Waals surface area contributed by atoms with Gasteiger partial charge in [0.05, 0.1) is 12.5 Å². The summed E-state index contributed by atoms with van der Waals surface area (Å²) in [5, 5.41) is 34.6. The number of nitrogens with one attached hydrogen (secondary N) is 3. The first-order valence-corrected chi connectivity index (χ1v) is 11.7. The molecule has 0 aliphatic carbocycles. The highest BCUT2D eigenvalue weighted by molar-refractivity contribution is 5.95. The number of hydrogen-bond donors (Lipinski definition) is 7. The first-order chi connectivity index (χ1) is 17.3. The van der Waals surface area contributed by atoms with E-state index < -0.39 is 72.1 Å². The van der Waals surface area contributed by atoms with Crippen molar-refractivity contribution in [3.8, 4) is 0 Å². The SMILES string of the molecule is CCC(C)C(NC(=O)C(N)CCC(=O)O)C(=O)NC(CC(=O)O)C(=O)NC(Cc1ccccc1)C(=O)O. The molecule has 37 heavy (non-hydrogen) atoms. The molecule has 13 heteroatoms. The van der Waals surface area contributed by atoms with Gasteiger partial charge in [0.15, 0.2) is 0 Å². The van der Waals surface area contributed by atoms with Crippen LogP contribution in [-0.4, -0.2) is 75.1 Å². The third kappa shape index (κ3) is 11.1. The third-order valence-electron chi connectivity index (χ3n) is 5.71. The molecule has 0 heterocycles. The Morgan fingerprint density at radius 2 is 1.43 bits per heavy atom. The summed E-state index contributed by atoms with van der Waals surface area (Å²) in [6.45, 7) is 3.38. The number of hydrogen-bond acceptors (Lipinski definition) is 7. The van der Waals surface area contributed by atoms with Crippen LogP contribution in [0, 0.1) is 5.92 Å². The predicted molar refractivity (Wildman–Crippen MR) is 130 cm³/mol. The van der Waals surface area contributed by atoms with Gasteiger partial charge < -0.3 is 37.0 Å². The first kappa shape index (κ1) is 31.0. The zero-order valence-electron chi connectivity index (χ0n) is 20.7. The number of carbonyl (C=O) groups excluding carboxylic acids is 3. The molecular formula is C24H34N4O9. The molecule has 0 radical (unpaired) electrons. The lowest BCUT2D eigenvalue weighted by Gasteiger charge is -2.27. The Balaban J connectivity index is 3.01. The van der Waals surface area contributed by atoms with Crippen molar-refractivity contribution in [3.63, 3.8) is 0 Å². The van der Waals surface area contributed by atoms with Gasteiger partial charge in [0.1, 0.15) is 18.1 Å². The molecule has 13 nitrogen and oxygen atoms in total. The number of nitrogens with two attached hydrogens (primary N) is 1. The van der Waals surface area contributed by atoms with Crippen LogP contribution < -0.4 is 21.7 Å². The van der Waals surface area contributed by atoms with Gasteiger partial charge in [-0.3, -0.25) is 24.0 Å². The van der Waals surface area contributed by atoms with Crippen LogP contribution in [-0.2, 0) is 35.2 Å². The molecule has 1 aromatic rings. The summed E-state index contributed by atoms with van der Waals surface area (Å²) in [6.07, 6.45) is -1.03. The minimum atomic E-state index is -1.63. The van der Waals surface area contributed by atoms with Crippen LogP contribution in [0.5, 0.6) is 0 Å². The summed E-state index contributed by atoms with van der Waals surface area (Å²) in [4.78, 5) is 72.1. The molecule has 5 atom stereocenters. The molecule has 204 valence electrons. The highest BCUT2D eigenvalue weighted by atomic mass is 16.4. The fourth-order valence-corrected chi connectivity index (χ4v) is 3.34. The summed E-state index contributed by atoms with van der Waals surface area (Å²) >= 11 is 0. The first-order valence-electron chi connectivity index (χ1n) is 11.7. The molecule has 8 N–H and O–H groups in total. The molecule has 1 aromatic carbocycles. The van der Waals surface area contributed by atoms with Crippen molar-refractivity contribution in [3.05, 3.63) is 35.9 Å². The maximum Gasteiger partial charge on any atom is 0.326 e. The van der Waals surface area contributed by atoms with Crippen molar-refractivity contribution in [2.24, 2.45) is 11.7 Å². The molecule has 0 aliphatic heterocycles. The fraction of sp³-hybridized carbons (Fsp3) is 0.500. The van der Waals surface area contributed by atoms with Gasteiger partial charge in [0, 0.05) is 12.8 Å². The fourth-order valence-electron chi connectivity index (χ4n) is 3.34. The summed E-state index contributed by atoms with van der Waals surface area (Å²) in [5.74, 6) is -7.05. The van der Waals surface area contributed by atoms with Gasteiger partial charge >= 0.3 is 17.9 Å². The number of carbonyl (C=O) groups is 6. The van der Waals surface area contributed by atoms with Crippen LogP contribution in [0.3, 0.4) is 0 Å². The maximum atomic E-state index is 13.0. The van der Waals surface area contributed by atoms with Gasteiger partial charge in [-0.2, -0.15) is 0 Å². The minimum Gasteiger partial charge on any atom is -0.481 e. The van der Waals surface area contributed by atoms with Crippen LogP contribution >= 0.6 is 0 Å². The Hall–Kier alpha value is -4.00. The number of rotatable bonds is 16. The average molecular weight is 523 g/mol. The molecule has 0 spiro atoms. The van der Waals surface area contributed by atoms with E-state index in [1.807, 2.05) is 0 Å². The zero-order chi connectivity index (χ0) is 28.1. The molecular weight excluding hydrogens is 488 g/mol. The lowest BCUT2D eigenvalue weighted by molar-refractivity contribution is -0.144. The van der Waals surface area contributed by atoms with Crippen LogP contribution in [0.25, 0.3) is 0 Å². The smallest absolute Gasteiger partial charge is 0.326 e. The largest absolute Gasteiger partial charge is 0.481 e.